The highest BCUT2D eigenvalue weighted by Gasteiger charge is 2.42. The Morgan fingerprint density at radius 1 is 1.10 bits per heavy atom. The molecule has 0 bridgehead atoms. The molecule has 2 saturated heterocycles. The van der Waals surface area contributed by atoms with Crippen LogP contribution in [-0.2, 0) is 15.0 Å². The van der Waals surface area contributed by atoms with Gasteiger partial charge < -0.3 is 19.9 Å². The predicted molar refractivity (Wildman–Crippen MR) is 81.5 cm³/mol. The fraction of sp³-hybridized carbons (Fsp3) is 0.625. The van der Waals surface area contributed by atoms with Crippen molar-refractivity contribution in [3.05, 3.63) is 34.9 Å². The lowest BCUT2D eigenvalue weighted by Crippen LogP contribution is -2.57. The highest BCUT2D eigenvalue weighted by molar-refractivity contribution is 6.30. The average Bonchev–Trinajstić information content (AvgIpc) is 2.48. The molecule has 0 unspecified atom stereocenters. The first-order valence-electron chi connectivity index (χ1n) is 7.46. The molecule has 0 aromatic heterocycles. The standard InChI is InChI=1S/C16H22ClNO3/c17-14-3-1-13(2-4-14)16(5-7-20-8-6-16)18-9-15(10-19)11-21-12-15/h1-4,18-19H,5-12H2. The van der Waals surface area contributed by atoms with Crippen molar-refractivity contribution in [2.45, 2.75) is 18.4 Å². The summed E-state index contributed by atoms with van der Waals surface area (Å²) in [4.78, 5) is 0. The smallest absolute Gasteiger partial charge is 0.0579 e. The van der Waals surface area contributed by atoms with Gasteiger partial charge >= 0.3 is 0 Å². The fourth-order valence-electron chi connectivity index (χ4n) is 3.05. The number of aliphatic hydroxyl groups is 1. The van der Waals surface area contributed by atoms with E-state index in [-0.39, 0.29) is 17.6 Å². The monoisotopic (exact) mass is 311 g/mol. The van der Waals surface area contributed by atoms with Crippen molar-refractivity contribution in [1.29, 1.82) is 0 Å². The molecule has 2 fully saturated rings. The molecule has 2 aliphatic heterocycles. The molecular weight excluding hydrogens is 290 g/mol. The molecule has 0 amide bonds. The summed E-state index contributed by atoms with van der Waals surface area (Å²) < 4.78 is 10.8. The minimum absolute atomic E-state index is 0.0966. The zero-order chi connectivity index (χ0) is 14.8. The van der Waals surface area contributed by atoms with Crippen molar-refractivity contribution in [3.63, 3.8) is 0 Å². The molecule has 0 spiro atoms. The van der Waals surface area contributed by atoms with Crippen LogP contribution in [0.25, 0.3) is 0 Å². The van der Waals surface area contributed by atoms with Crippen molar-refractivity contribution in [2.24, 2.45) is 5.41 Å². The largest absolute Gasteiger partial charge is 0.396 e. The number of halogens is 1. The maximum absolute atomic E-state index is 9.59. The van der Waals surface area contributed by atoms with Crippen molar-refractivity contribution in [1.82, 2.24) is 5.32 Å². The van der Waals surface area contributed by atoms with Crippen molar-refractivity contribution in [2.75, 3.05) is 39.6 Å². The molecule has 2 heterocycles. The van der Waals surface area contributed by atoms with Gasteiger partial charge in [-0.05, 0) is 30.5 Å². The van der Waals surface area contributed by atoms with Crippen molar-refractivity contribution in [3.8, 4) is 0 Å². The second kappa shape index (κ2) is 6.23. The van der Waals surface area contributed by atoms with Gasteiger partial charge in [-0.15, -0.1) is 0 Å². The highest BCUT2D eigenvalue weighted by Crippen LogP contribution is 2.35. The summed E-state index contributed by atoms with van der Waals surface area (Å²) in [6.07, 6.45) is 1.86. The van der Waals surface area contributed by atoms with Crippen molar-refractivity contribution >= 4 is 11.6 Å². The van der Waals surface area contributed by atoms with Gasteiger partial charge in [-0.3, -0.25) is 0 Å². The van der Waals surface area contributed by atoms with Crippen LogP contribution in [0.15, 0.2) is 24.3 Å². The molecule has 0 atom stereocenters. The third-order valence-corrected chi connectivity index (χ3v) is 4.95. The second-order valence-electron chi connectivity index (χ2n) is 6.21. The average molecular weight is 312 g/mol. The number of hydrogen-bond acceptors (Lipinski definition) is 4. The predicted octanol–water partition coefficient (Wildman–Crippen LogP) is 1.94. The van der Waals surface area contributed by atoms with Gasteiger partial charge in [-0.25, -0.2) is 0 Å². The molecule has 4 nitrogen and oxygen atoms in total. The van der Waals surface area contributed by atoms with E-state index in [4.69, 9.17) is 21.1 Å². The summed E-state index contributed by atoms with van der Waals surface area (Å²) in [5.41, 5.74) is 1.02. The number of hydrogen-bond donors (Lipinski definition) is 2. The Morgan fingerprint density at radius 2 is 1.76 bits per heavy atom. The molecule has 1 aromatic carbocycles. The quantitative estimate of drug-likeness (QED) is 0.872. The van der Waals surface area contributed by atoms with Gasteiger partial charge in [0.05, 0.1) is 25.2 Å². The van der Waals surface area contributed by atoms with E-state index in [0.717, 1.165) is 37.6 Å². The summed E-state index contributed by atoms with van der Waals surface area (Å²) >= 11 is 6.00. The molecule has 0 saturated carbocycles. The first-order chi connectivity index (χ1) is 10.2. The topological polar surface area (TPSA) is 50.7 Å². The van der Waals surface area contributed by atoms with Crippen LogP contribution in [0.5, 0.6) is 0 Å². The Labute approximate surface area is 130 Å². The molecule has 0 aliphatic carbocycles. The Balaban J connectivity index is 1.78. The number of aliphatic hydroxyl groups excluding tert-OH is 1. The number of ether oxygens (including phenoxy) is 2. The minimum atomic E-state index is -0.127. The van der Waals surface area contributed by atoms with Crippen LogP contribution in [0.4, 0.5) is 0 Å². The van der Waals surface area contributed by atoms with Crippen LogP contribution in [0.2, 0.25) is 5.02 Å². The minimum Gasteiger partial charge on any atom is -0.396 e. The molecular formula is C16H22ClNO3. The molecule has 3 rings (SSSR count). The Kier molecular flexibility index (Phi) is 4.52. The first kappa shape index (κ1) is 15.3. The van der Waals surface area contributed by atoms with Crippen LogP contribution in [0, 0.1) is 5.41 Å². The van der Waals surface area contributed by atoms with Gasteiger partial charge in [-0.2, -0.15) is 0 Å². The zero-order valence-electron chi connectivity index (χ0n) is 12.1. The van der Waals surface area contributed by atoms with Crippen LogP contribution in [0.3, 0.4) is 0 Å². The van der Waals surface area contributed by atoms with Crippen LogP contribution < -0.4 is 5.32 Å². The number of benzene rings is 1. The van der Waals surface area contributed by atoms with E-state index < -0.39 is 0 Å². The van der Waals surface area contributed by atoms with E-state index in [1.165, 1.54) is 5.56 Å². The van der Waals surface area contributed by atoms with Gasteiger partial charge in [-0.1, -0.05) is 23.7 Å². The second-order valence-corrected chi connectivity index (χ2v) is 6.64. The molecule has 2 aliphatic rings. The molecule has 0 radical (unpaired) electrons. The molecule has 21 heavy (non-hydrogen) atoms. The molecule has 116 valence electrons. The molecule has 2 N–H and O–H groups in total. The van der Waals surface area contributed by atoms with Gasteiger partial charge in [0, 0.05) is 30.3 Å². The molecule has 1 aromatic rings. The fourth-order valence-corrected chi connectivity index (χ4v) is 3.18. The Morgan fingerprint density at radius 3 is 2.29 bits per heavy atom. The van der Waals surface area contributed by atoms with E-state index in [9.17, 15) is 5.11 Å². The van der Waals surface area contributed by atoms with Gasteiger partial charge in [0.15, 0.2) is 0 Å². The van der Waals surface area contributed by atoms with E-state index in [0.29, 0.717) is 13.2 Å². The lowest BCUT2D eigenvalue weighted by molar-refractivity contribution is -0.138. The van der Waals surface area contributed by atoms with Crippen LogP contribution >= 0.6 is 11.6 Å². The maximum atomic E-state index is 9.59. The summed E-state index contributed by atoms with van der Waals surface area (Å²) in [6, 6.07) is 8.04. The molecule has 5 heteroatoms. The maximum Gasteiger partial charge on any atom is 0.0579 e. The van der Waals surface area contributed by atoms with Crippen LogP contribution in [0.1, 0.15) is 18.4 Å². The van der Waals surface area contributed by atoms with E-state index in [1.807, 2.05) is 12.1 Å². The summed E-state index contributed by atoms with van der Waals surface area (Å²) in [5.74, 6) is 0. The van der Waals surface area contributed by atoms with Gasteiger partial charge in [0.25, 0.3) is 0 Å². The normalized spacial score (nSPS) is 23.5. The number of rotatable bonds is 5. The SMILES string of the molecule is OCC1(CNC2(c3ccc(Cl)cc3)CCOCC2)COC1. The van der Waals surface area contributed by atoms with Gasteiger partial charge in [0.2, 0.25) is 0 Å². The summed E-state index contributed by atoms with van der Waals surface area (Å²) in [6.45, 7) is 3.67. The first-order valence-corrected chi connectivity index (χ1v) is 7.83. The van der Waals surface area contributed by atoms with E-state index in [2.05, 4.69) is 17.4 Å². The van der Waals surface area contributed by atoms with Gasteiger partial charge in [0.1, 0.15) is 0 Å². The lowest BCUT2D eigenvalue weighted by atomic mass is 9.80. The Hall–Kier alpha value is -0.650. The number of nitrogens with one attached hydrogen (secondary N) is 1. The third kappa shape index (κ3) is 3.10. The summed E-state index contributed by atoms with van der Waals surface area (Å²) in [7, 11) is 0. The lowest BCUT2D eigenvalue weighted by Gasteiger charge is -2.45. The van der Waals surface area contributed by atoms with Crippen LogP contribution in [-0.4, -0.2) is 44.7 Å². The highest BCUT2D eigenvalue weighted by atomic mass is 35.5. The Bertz CT molecular complexity index is 461. The van der Waals surface area contributed by atoms with Crippen molar-refractivity contribution < 1.29 is 14.6 Å². The zero-order valence-corrected chi connectivity index (χ0v) is 12.9. The third-order valence-electron chi connectivity index (χ3n) is 4.70. The summed E-state index contributed by atoms with van der Waals surface area (Å²) in [5, 5.41) is 14.0. The van der Waals surface area contributed by atoms with E-state index >= 15 is 0 Å². The van der Waals surface area contributed by atoms with E-state index in [1.54, 1.807) is 0 Å².